The fraction of sp³-hybridized carbons (Fsp3) is 0.235. The molecule has 0 radical (unpaired) electrons. The van der Waals surface area contributed by atoms with Crippen LogP contribution in [0.1, 0.15) is 22.8 Å². The minimum absolute atomic E-state index is 0. The molecular formula is C17H22Cl2N2O. The first-order valence-corrected chi connectivity index (χ1v) is 6.81. The van der Waals surface area contributed by atoms with Crippen LogP contribution in [0.2, 0.25) is 0 Å². The lowest BCUT2D eigenvalue weighted by atomic mass is 10.1. The zero-order chi connectivity index (χ0) is 14.4. The van der Waals surface area contributed by atoms with E-state index in [1.54, 1.807) is 0 Å². The number of nitrogens with two attached hydrogens (primary N) is 1. The second-order valence-electron chi connectivity index (χ2n) is 5.02. The molecule has 0 fully saturated rings. The van der Waals surface area contributed by atoms with Crippen molar-refractivity contribution in [1.82, 2.24) is 5.32 Å². The largest absolute Gasteiger partial charge is 0.399 e. The fourth-order valence-corrected chi connectivity index (χ4v) is 2.14. The van der Waals surface area contributed by atoms with E-state index in [0.29, 0.717) is 6.54 Å². The van der Waals surface area contributed by atoms with E-state index in [1.165, 1.54) is 5.56 Å². The third kappa shape index (κ3) is 6.48. The second-order valence-corrected chi connectivity index (χ2v) is 5.02. The van der Waals surface area contributed by atoms with Gasteiger partial charge in [0.05, 0.1) is 6.54 Å². The molecule has 0 aliphatic carbocycles. The quantitative estimate of drug-likeness (QED) is 0.624. The van der Waals surface area contributed by atoms with Crippen molar-refractivity contribution in [2.75, 3.05) is 12.3 Å². The van der Waals surface area contributed by atoms with Crippen molar-refractivity contribution in [1.29, 1.82) is 0 Å². The number of nitrogen functional groups attached to an aromatic ring is 1. The lowest BCUT2D eigenvalue weighted by Gasteiger charge is -2.13. The van der Waals surface area contributed by atoms with E-state index in [0.717, 1.165) is 17.7 Å². The third-order valence-corrected chi connectivity index (χ3v) is 3.20. The minimum Gasteiger partial charge on any atom is -0.399 e. The third-order valence-electron chi connectivity index (χ3n) is 3.20. The van der Waals surface area contributed by atoms with Crippen LogP contribution in [0, 0.1) is 0 Å². The normalized spacial score (nSPS) is 11.0. The first-order chi connectivity index (χ1) is 9.65. The smallest absolute Gasteiger partial charge is 0.176 e. The molecule has 0 saturated heterocycles. The highest BCUT2D eigenvalue weighted by molar-refractivity contribution is 5.97. The summed E-state index contributed by atoms with van der Waals surface area (Å²) >= 11 is 0. The molecule has 1 atom stereocenters. The summed E-state index contributed by atoms with van der Waals surface area (Å²) in [6, 6.07) is 17.4. The summed E-state index contributed by atoms with van der Waals surface area (Å²) in [4.78, 5) is 12.0. The molecule has 5 heteroatoms. The summed E-state index contributed by atoms with van der Waals surface area (Å²) in [5.41, 5.74) is 8.46. The lowest BCUT2D eigenvalue weighted by Crippen LogP contribution is -2.33. The molecule has 0 aromatic heterocycles. The molecule has 0 saturated carbocycles. The topological polar surface area (TPSA) is 55.1 Å². The number of Topliss-reactive ketones (excluding diaryl/α,β-unsaturated/α-hetero) is 1. The molecule has 22 heavy (non-hydrogen) atoms. The molecule has 0 amide bonds. The van der Waals surface area contributed by atoms with Gasteiger partial charge in [0.1, 0.15) is 0 Å². The molecule has 2 aromatic rings. The number of hydrogen-bond donors (Lipinski definition) is 2. The Labute approximate surface area is 144 Å². The van der Waals surface area contributed by atoms with Gasteiger partial charge in [-0.2, -0.15) is 0 Å². The zero-order valence-corrected chi connectivity index (χ0v) is 14.1. The average molecular weight is 341 g/mol. The number of rotatable bonds is 6. The number of halogens is 2. The standard InChI is InChI=1S/C17H20N2O.2ClH/c1-13(10-14-6-5-9-16(18)11-14)19-12-17(20)15-7-3-2-4-8-15;;/h2-9,11,13,19H,10,12,18H2,1H3;2*1H. The summed E-state index contributed by atoms with van der Waals surface area (Å²) in [6.07, 6.45) is 0.854. The Morgan fingerprint density at radius 3 is 2.41 bits per heavy atom. The molecule has 0 aliphatic rings. The van der Waals surface area contributed by atoms with Crippen LogP contribution in [0.4, 0.5) is 5.69 Å². The summed E-state index contributed by atoms with van der Waals surface area (Å²) in [5, 5.41) is 3.26. The van der Waals surface area contributed by atoms with Crippen molar-refractivity contribution in [2.45, 2.75) is 19.4 Å². The molecule has 3 nitrogen and oxygen atoms in total. The van der Waals surface area contributed by atoms with E-state index >= 15 is 0 Å². The van der Waals surface area contributed by atoms with Gasteiger partial charge < -0.3 is 11.1 Å². The maximum Gasteiger partial charge on any atom is 0.176 e. The maximum atomic E-state index is 12.0. The van der Waals surface area contributed by atoms with Crippen LogP contribution >= 0.6 is 24.8 Å². The predicted octanol–water partition coefficient (Wildman–Crippen LogP) is 3.52. The fourth-order valence-electron chi connectivity index (χ4n) is 2.14. The van der Waals surface area contributed by atoms with Crippen LogP contribution in [0.25, 0.3) is 0 Å². The number of carbonyl (C=O) groups is 1. The van der Waals surface area contributed by atoms with Crippen molar-refractivity contribution >= 4 is 36.3 Å². The number of hydrogen-bond acceptors (Lipinski definition) is 3. The van der Waals surface area contributed by atoms with Gasteiger partial charge in [0, 0.05) is 17.3 Å². The van der Waals surface area contributed by atoms with Crippen molar-refractivity contribution in [3.63, 3.8) is 0 Å². The number of benzene rings is 2. The molecule has 1 unspecified atom stereocenters. The van der Waals surface area contributed by atoms with Gasteiger partial charge in [-0.05, 0) is 31.0 Å². The zero-order valence-electron chi connectivity index (χ0n) is 12.5. The Hall–Kier alpha value is -1.55. The van der Waals surface area contributed by atoms with Crippen LogP contribution in [0.5, 0.6) is 0 Å². The maximum absolute atomic E-state index is 12.0. The Morgan fingerprint density at radius 2 is 1.77 bits per heavy atom. The first kappa shape index (κ1) is 20.5. The van der Waals surface area contributed by atoms with Crippen molar-refractivity contribution in [2.24, 2.45) is 0 Å². The number of anilines is 1. The minimum atomic E-state index is 0. The Morgan fingerprint density at radius 1 is 1.09 bits per heavy atom. The van der Waals surface area contributed by atoms with Crippen LogP contribution in [0.15, 0.2) is 54.6 Å². The van der Waals surface area contributed by atoms with E-state index in [2.05, 4.69) is 12.2 Å². The number of ketones is 1. The van der Waals surface area contributed by atoms with Gasteiger partial charge in [0.25, 0.3) is 0 Å². The molecule has 120 valence electrons. The van der Waals surface area contributed by atoms with Gasteiger partial charge >= 0.3 is 0 Å². The van der Waals surface area contributed by atoms with E-state index in [9.17, 15) is 4.79 Å². The first-order valence-electron chi connectivity index (χ1n) is 6.81. The highest BCUT2D eigenvalue weighted by atomic mass is 35.5. The summed E-state index contributed by atoms with van der Waals surface area (Å²) in [6.45, 7) is 2.43. The van der Waals surface area contributed by atoms with Gasteiger partial charge in [0.2, 0.25) is 0 Å². The summed E-state index contributed by atoms with van der Waals surface area (Å²) < 4.78 is 0. The molecule has 0 bridgehead atoms. The predicted molar refractivity (Wildman–Crippen MR) is 97.3 cm³/mol. The molecule has 2 rings (SSSR count). The monoisotopic (exact) mass is 340 g/mol. The van der Waals surface area contributed by atoms with Crippen LogP contribution in [-0.4, -0.2) is 18.4 Å². The summed E-state index contributed by atoms with van der Waals surface area (Å²) in [7, 11) is 0. The average Bonchev–Trinajstić information content (AvgIpc) is 2.46. The SMILES string of the molecule is CC(Cc1cccc(N)c1)NCC(=O)c1ccccc1.Cl.Cl. The van der Waals surface area contributed by atoms with E-state index < -0.39 is 0 Å². The van der Waals surface area contributed by atoms with E-state index in [1.807, 2.05) is 54.6 Å². The summed E-state index contributed by atoms with van der Waals surface area (Å²) in [5.74, 6) is 0.116. The molecule has 2 aromatic carbocycles. The van der Waals surface area contributed by atoms with Gasteiger partial charge in [-0.1, -0.05) is 42.5 Å². The molecule has 0 aliphatic heterocycles. The Kier molecular flexibility index (Phi) is 9.50. The molecule has 0 heterocycles. The molecular weight excluding hydrogens is 319 g/mol. The number of carbonyl (C=O) groups excluding carboxylic acids is 1. The van der Waals surface area contributed by atoms with Gasteiger partial charge in [-0.3, -0.25) is 4.79 Å². The highest BCUT2D eigenvalue weighted by Gasteiger charge is 2.08. The van der Waals surface area contributed by atoms with Gasteiger partial charge in [-0.15, -0.1) is 24.8 Å². The van der Waals surface area contributed by atoms with Crippen LogP contribution < -0.4 is 11.1 Å². The van der Waals surface area contributed by atoms with Gasteiger partial charge in [0.15, 0.2) is 5.78 Å². The lowest BCUT2D eigenvalue weighted by molar-refractivity contribution is 0.0988. The van der Waals surface area contributed by atoms with Crippen molar-refractivity contribution < 1.29 is 4.79 Å². The van der Waals surface area contributed by atoms with Crippen LogP contribution in [0.3, 0.4) is 0 Å². The van der Waals surface area contributed by atoms with Gasteiger partial charge in [-0.25, -0.2) is 0 Å². The van der Waals surface area contributed by atoms with Crippen LogP contribution in [-0.2, 0) is 6.42 Å². The highest BCUT2D eigenvalue weighted by Crippen LogP contribution is 2.09. The second kappa shape index (κ2) is 10.2. The van der Waals surface area contributed by atoms with E-state index in [-0.39, 0.29) is 36.6 Å². The Balaban J connectivity index is 0.00000220. The molecule has 0 spiro atoms. The van der Waals surface area contributed by atoms with E-state index in [4.69, 9.17) is 5.73 Å². The Bertz CT molecular complexity index is 576. The van der Waals surface area contributed by atoms with Crippen molar-refractivity contribution in [3.8, 4) is 0 Å². The molecule has 3 N–H and O–H groups in total. The number of nitrogens with one attached hydrogen (secondary N) is 1. The van der Waals surface area contributed by atoms with Crippen molar-refractivity contribution in [3.05, 3.63) is 65.7 Å².